The maximum atomic E-state index is 12.5. The van der Waals surface area contributed by atoms with Crippen LogP contribution in [0.15, 0.2) is 18.3 Å². The summed E-state index contributed by atoms with van der Waals surface area (Å²) in [7, 11) is 1.62. The maximum Gasteiger partial charge on any atom is 0.317 e. The summed E-state index contributed by atoms with van der Waals surface area (Å²) in [6, 6.07) is 3.73. The van der Waals surface area contributed by atoms with Crippen molar-refractivity contribution in [1.29, 1.82) is 0 Å². The van der Waals surface area contributed by atoms with Crippen molar-refractivity contribution in [1.82, 2.24) is 15.2 Å². The summed E-state index contributed by atoms with van der Waals surface area (Å²) in [4.78, 5) is 18.8. The molecule has 1 saturated heterocycles. The molecule has 1 aromatic heterocycles. The average Bonchev–Trinajstić information content (AvgIpc) is 3.14. The molecule has 3 rings (SSSR count). The number of pyridine rings is 1. The number of piperidine rings is 1. The molecule has 2 aliphatic rings. The molecule has 0 bridgehead atoms. The van der Waals surface area contributed by atoms with Crippen LogP contribution in [0.2, 0.25) is 0 Å². The molecule has 1 N–H and O–H groups in total. The number of ether oxygens (including phenoxy) is 1. The Morgan fingerprint density at radius 3 is 2.87 bits per heavy atom. The van der Waals surface area contributed by atoms with E-state index in [1.807, 2.05) is 17.0 Å². The average molecular weight is 317 g/mol. The lowest BCUT2D eigenvalue weighted by atomic mass is 9.84. The maximum absolute atomic E-state index is 12.5. The molecule has 126 valence electrons. The fourth-order valence-electron chi connectivity index (χ4n) is 4.02. The Morgan fingerprint density at radius 1 is 1.30 bits per heavy atom. The van der Waals surface area contributed by atoms with E-state index in [0.717, 1.165) is 36.9 Å². The highest BCUT2D eigenvalue weighted by molar-refractivity contribution is 5.74. The van der Waals surface area contributed by atoms with E-state index in [1.165, 1.54) is 32.1 Å². The second-order valence-corrected chi connectivity index (χ2v) is 6.70. The SMILES string of the molecule is COc1cccnc1CNC(=O)N1CCCC(C2CCCC2)C1. The van der Waals surface area contributed by atoms with Crippen LogP contribution in [0.1, 0.15) is 44.2 Å². The van der Waals surface area contributed by atoms with Crippen LogP contribution in [0, 0.1) is 11.8 Å². The first-order chi connectivity index (χ1) is 11.3. The standard InChI is InChI=1S/C18H27N3O2/c1-23-17-9-4-10-19-16(17)12-20-18(22)21-11-5-8-15(13-21)14-6-2-3-7-14/h4,9-10,14-15H,2-3,5-8,11-13H2,1H3,(H,20,22). The van der Waals surface area contributed by atoms with Gasteiger partial charge < -0.3 is 15.0 Å². The molecule has 23 heavy (non-hydrogen) atoms. The van der Waals surface area contributed by atoms with Gasteiger partial charge in [0.2, 0.25) is 0 Å². The number of amides is 2. The van der Waals surface area contributed by atoms with Crippen LogP contribution in [0.3, 0.4) is 0 Å². The van der Waals surface area contributed by atoms with Crippen molar-refractivity contribution in [3.8, 4) is 5.75 Å². The fourth-order valence-corrected chi connectivity index (χ4v) is 4.02. The van der Waals surface area contributed by atoms with Gasteiger partial charge in [0.15, 0.2) is 0 Å². The van der Waals surface area contributed by atoms with Gasteiger partial charge in [-0.15, -0.1) is 0 Å². The topological polar surface area (TPSA) is 54.5 Å². The second kappa shape index (κ2) is 7.66. The number of nitrogens with one attached hydrogen (secondary N) is 1. The Bertz CT molecular complexity index is 529. The summed E-state index contributed by atoms with van der Waals surface area (Å²) in [5.41, 5.74) is 0.771. The van der Waals surface area contributed by atoms with E-state index in [4.69, 9.17) is 4.74 Å². The third-order valence-corrected chi connectivity index (χ3v) is 5.29. The molecule has 1 atom stereocenters. The lowest BCUT2D eigenvalue weighted by Crippen LogP contribution is -2.46. The first-order valence-corrected chi connectivity index (χ1v) is 8.78. The normalized spacial score (nSPS) is 22.1. The highest BCUT2D eigenvalue weighted by atomic mass is 16.5. The summed E-state index contributed by atoms with van der Waals surface area (Å²) in [6.07, 6.45) is 9.57. The second-order valence-electron chi connectivity index (χ2n) is 6.70. The van der Waals surface area contributed by atoms with E-state index < -0.39 is 0 Å². The van der Waals surface area contributed by atoms with E-state index >= 15 is 0 Å². The Kier molecular flexibility index (Phi) is 5.36. The van der Waals surface area contributed by atoms with Crippen molar-refractivity contribution in [2.45, 2.75) is 45.1 Å². The number of carbonyl (C=O) groups is 1. The predicted octanol–water partition coefficient (Wildman–Crippen LogP) is 3.20. The third-order valence-electron chi connectivity index (χ3n) is 5.29. The number of urea groups is 1. The number of carbonyl (C=O) groups excluding carboxylic acids is 1. The van der Waals surface area contributed by atoms with Gasteiger partial charge in [0.1, 0.15) is 11.4 Å². The van der Waals surface area contributed by atoms with Gasteiger partial charge in [-0.25, -0.2) is 4.79 Å². The number of rotatable bonds is 4. The Labute approximate surface area is 138 Å². The molecule has 2 fully saturated rings. The van der Waals surface area contributed by atoms with Gasteiger partial charge in [-0.2, -0.15) is 0 Å². The molecule has 2 amide bonds. The number of likely N-dealkylation sites (tertiary alicyclic amines) is 1. The molecule has 1 saturated carbocycles. The van der Waals surface area contributed by atoms with E-state index in [9.17, 15) is 4.79 Å². The Hall–Kier alpha value is -1.78. The molecule has 0 spiro atoms. The van der Waals surface area contributed by atoms with Crippen LogP contribution in [0.25, 0.3) is 0 Å². The summed E-state index contributed by atoms with van der Waals surface area (Å²) in [6.45, 7) is 2.19. The summed E-state index contributed by atoms with van der Waals surface area (Å²) >= 11 is 0. The number of methoxy groups -OCH3 is 1. The molecular weight excluding hydrogens is 290 g/mol. The van der Waals surface area contributed by atoms with Crippen molar-refractivity contribution < 1.29 is 9.53 Å². The molecule has 1 aromatic rings. The molecule has 5 heteroatoms. The van der Waals surface area contributed by atoms with Crippen molar-refractivity contribution in [3.63, 3.8) is 0 Å². The van der Waals surface area contributed by atoms with Crippen LogP contribution < -0.4 is 10.1 Å². The summed E-state index contributed by atoms with van der Waals surface area (Å²) in [5.74, 6) is 2.25. The van der Waals surface area contributed by atoms with Crippen LogP contribution in [0.4, 0.5) is 4.79 Å². The molecule has 5 nitrogen and oxygen atoms in total. The molecule has 0 aromatic carbocycles. The van der Waals surface area contributed by atoms with Crippen molar-refractivity contribution in [3.05, 3.63) is 24.0 Å². The molecule has 1 aliphatic carbocycles. The zero-order valence-corrected chi connectivity index (χ0v) is 14.0. The smallest absolute Gasteiger partial charge is 0.317 e. The molecular formula is C18H27N3O2. The predicted molar refractivity (Wildman–Crippen MR) is 89.3 cm³/mol. The summed E-state index contributed by atoms with van der Waals surface area (Å²) in [5, 5.41) is 3.00. The number of nitrogens with zero attached hydrogens (tertiary/aromatic N) is 2. The number of aromatic nitrogens is 1. The zero-order chi connectivity index (χ0) is 16.1. The van der Waals surface area contributed by atoms with Crippen molar-refractivity contribution in [2.24, 2.45) is 11.8 Å². The van der Waals surface area contributed by atoms with Gasteiger partial charge in [0.05, 0.1) is 13.7 Å². The van der Waals surface area contributed by atoms with E-state index in [-0.39, 0.29) is 6.03 Å². The van der Waals surface area contributed by atoms with Gasteiger partial charge in [0.25, 0.3) is 0 Å². The minimum Gasteiger partial charge on any atom is -0.495 e. The monoisotopic (exact) mass is 317 g/mol. The largest absolute Gasteiger partial charge is 0.495 e. The molecule has 0 radical (unpaired) electrons. The molecule has 1 unspecified atom stereocenters. The Morgan fingerprint density at radius 2 is 2.09 bits per heavy atom. The van der Waals surface area contributed by atoms with E-state index in [0.29, 0.717) is 12.5 Å². The summed E-state index contributed by atoms with van der Waals surface area (Å²) < 4.78 is 5.28. The van der Waals surface area contributed by atoms with Crippen molar-refractivity contribution >= 4 is 6.03 Å². The Balaban J connectivity index is 1.53. The van der Waals surface area contributed by atoms with Crippen LogP contribution >= 0.6 is 0 Å². The van der Waals surface area contributed by atoms with Crippen LogP contribution in [0.5, 0.6) is 5.75 Å². The quantitative estimate of drug-likeness (QED) is 0.928. The number of hydrogen-bond donors (Lipinski definition) is 1. The van der Waals surface area contributed by atoms with E-state index in [2.05, 4.69) is 10.3 Å². The minimum absolute atomic E-state index is 0.0282. The highest BCUT2D eigenvalue weighted by Gasteiger charge is 2.30. The van der Waals surface area contributed by atoms with E-state index in [1.54, 1.807) is 13.3 Å². The van der Waals surface area contributed by atoms with Crippen molar-refractivity contribution in [2.75, 3.05) is 20.2 Å². The minimum atomic E-state index is 0.0282. The van der Waals surface area contributed by atoms with Gasteiger partial charge in [-0.3, -0.25) is 4.98 Å². The lowest BCUT2D eigenvalue weighted by Gasteiger charge is -2.35. The lowest BCUT2D eigenvalue weighted by molar-refractivity contribution is 0.141. The van der Waals surface area contributed by atoms with Gasteiger partial charge in [-0.1, -0.05) is 25.7 Å². The highest BCUT2D eigenvalue weighted by Crippen LogP contribution is 2.35. The van der Waals surface area contributed by atoms with Gasteiger partial charge >= 0.3 is 6.03 Å². The fraction of sp³-hybridized carbons (Fsp3) is 0.667. The van der Waals surface area contributed by atoms with Gasteiger partial charge in [0, 0.05) is 19.3 Å². The number of hydrogen-bond acceptors (Lipinski definition) is 3. The zero-order valence-electron chi connectivity index (χ0n) is 14.0. The first-order valence-electron chi connectivity index (χ1n) is 8.78. The first kappa shape index (κ1) is 16.1. The third kappa shape index (κ3) is 3.95. The van der Waals surface area contributed by atoms with Gasteiger partial charge in [-0.05, 0) is 36.8 Å². The van der Waals surface area contributed by atoms with Crippen LogP contribution in [-0.2, 0) is 6.54 Å². The molecule has 2 heterocycles. The molecule has 1 aliphatic heterocycles. The van der Waals surface area contributed by atoms with Crippen LogP contribution in [-0.4, -0.2) is 36.1 Å².